The first-order valence-electron chi connectivity index (χ1n) is 9.67. The van der Waals surface area contributed by atoms with Crippen LogP contribution in [0.15, 0.2) is 72.4 Å². The zero-order valence-corrected chi connectivity index (χ0v) is 15.2. The van der Waals surface area contributed by atoms with Gasteiger partial charge in [0.2, 0.25) is 0 Å². The maximum Gasteiger partial charge on any atom is 0.148 e. The molecule has 5 atom stereocenters. The fourth-order valence-electron chi connectivity index (χ4n) is 6.34. The van der Waals surface area contributed by atoms with Crippen LogP contribution in [-0.2, 0) is 4.79 Å². The van der Waals surface area contributed by atoms with Crippen molar-refractivity contribution >= 4 is 16.6 Å². The first kappa shape index (κ1) is 14.7. The summed E-state index contributed by atoms with van der Waals surface area (Å²) in [6.07, 6.45) is 12.4. The number of allylic oxidation sites excluding steroid dienone is 6. The lowest BCUT2D eigenvalue weighted by Crippen LogP contribution is -2.40. The second-order valence-electron chi connectivity index (χ2n) is 9.05. The molecule has 1 saturated carbocycles. The number of rotatable bonds is 0. The van der Waals surface area contributed by atoms with Crippen molar-refractivity contribution < 1.29 is 4.79 Å². The Morgan fingerprint density at radius 3 is 2.50 bits per heavy atom. The van der Waals surface area contributed by atoms with Crippen LogP contribution >= 0.6 is 0 Å². The van der Waals surface area contributed by atoms with Crippen LogP contribution in [0.1, 0.15) is 43.2 Å². The minimum atomic E-state index is -0.0540. The van der Waals surface area contributed by atoms with E-state index >= 15 is 0 Å². The molecule has 5 unspecified atom stereocenters. The molecular formula is C25H22O. The number of Topliss-reactive ketones (excluding diaryl/α,β-unsaturated/α-hetero) is 1. The monoisotopic (exact) mass is 338 g/mol. The molecule has 0 N–H and O–H groups in total. The normalized spacial score (nSPS) is 38.9. The maximum absolute atomic E-state index is 13.4. The highest BCUT2D eigenvalue weighted by Gasteiger charge is 2.65. The van der Waals surface area contributed by atoms with E-state index in [2.05, 4.69) is 80.6 Å². The van der Waals surface area contributed by atoms with Gasteiger partial charge in [-0.15, -0.1) is 0 Å². The van der Waals surface area contributed by atoms with Crippen molar-refractivity contribution in [3.05, 3.63) is 83.5 Å². The second-order valence-corrected chi connectivity index (χ2v) is 9.05. The molecule has 0 aromatic heterocycles. The Morgan fingerprint density at radius 2 is 1.73 bits per heavy atom. The van der Waals surface area contributed by atoms with Crippen LogP contribution in [0, 0.1) is 16.7 Å². The van der Waals surface area contributed by atoms with Crippen LogP contribution in [0.25, 0.3) is 10.8 Å². The maximum atomic E-state index is 13.4. The van der Waals surface area contributed by atoms with E-state index in [4.69, 9.17) is 0 Å². The fraction of sp³-hybridized carbons (Fsp3) is 0.320. The van der Waals surface area contributed by atoms with Gasteiger partial charge in [-0.05, 0) is 39.8 Å². The van der Waals surface area contributed by atoms with Crippen LogP contribution in [0.4, 0.5) is 0 Å². The van der Waals surface area contributed by atoms with E-state index in [9.17, 15) is 4.79 Å². The molecule has 6 rings (SSSR count). The van der Waals surface area contributed by atoms with Crippen molar-refractivity contribution in [2.75, 3.05) is 0 Å². The molecule has 4 aliphatic rings. The number of carbonyl (C=O) groups is 1. The standard InChI is InChI=1S/C25H22O/c1-24-10-6-5-9-17(24)13-25(2)20(14-24)21-18-11-15-7-3-4-8-16(15)12-19(18)22(25)23(21)26/h3-13,20-22H,14H2,1-2H3. The summed E-state index contributed by atoms with van der Waals surface area (Å²) in [6, 6.07) is 13.1. The molecular weight excluding hydrogens is 316 g/mol. The number of hydrogen-bond donors (Lipinski definition) is 0. The largest absolute Gasteiger partial charge is 0.298 e. The molecule has 2 aromatic carbocycles. The average Bonchev–Trinajstić information content (AvgIpc) is 3.02. The van der Waals surface area contributed by atoms with Gasteiger partial charge in [-0.1, -0.05) is 80.6 Å². The van der Waals surface area contributed by atoms with Crippen molar-refractivity contribution in [3.8, 4) is 0 Å². The van der Waals surface area contributed by atoms with Crippen molar-refractivity contribution in [1.82, 2.24) is 0 Å². The highest BCUT2D eigenvalue weighted by molar-refractivity contribution is 6.03. The lowest BCUT2D eigenvalue weighted by atomic mass is 9.54. The molecule has 0 spiro atoms. The molecule has 0 saturated heterocycles. The van der Waals surface area contributed by atoms with E-state index in [0.29, 0.717) is 11.7 Å². The van der Waals surface area contributed by atoms with Crippen molar-refractivity contribution in [2.24, 2.45) is 16.7 Å². The zero-order valence-electron chi connectivity index (χ0n) is 15.2. The third kappa shape index (κ3) is 1.56. The van der Waals surface area contributed by atoms with E-state index in [1.807, 2.05) is 0 Å². The Kier molecular flexibility index (Phi) is 2.53. The van der Waals surface area contributed by atoms with Gasteiger partial charge in [0.1, 0.15) is 5.78 Å². The quantitative estimate of drug-likeness (QED) is 0.603. The second kappa shape index (κ2) is 4.46. The topological polar surface area (TPSA) is 17.1 Å². The highest BCUT2D eigenvalue weighted by atomic mass is 16.1. The molecule has 2 aromatic rings. The average molecular weight is 338 g/mol. The van der Waals surface area contributed by atoms with Crippen LogP contribution < -0.4 is 0 Å². The van der Waals surface area contributed by atoms with E-state index in [0.717, 1.165) is 6.42 Å². The Labute approximate surface area is 154 Å². The summed E-state index contributed by atoms with van der Waals surface area (Å²) in [6.45, 7) is 4.66. The van der Waals surface area contributed by atoms with Gasteiger partial charge >= 0.3 is 0 Å². The minimum Gasteiger partial charge on any atom is -0.298 e. The summed E-state index contributed by atoms with van der Waals surface area (Å²) < 4.78 is 0. The van der Waals surface area contributed by atoms with Gasteiger partial charge in [0.15, 0.2) is 0 Å². The first-order valence-corrected chi connectivity index (χ1v) is 9.67. The van der Waals surface area contributed by atoms with Gasteiger partial charge < -0.3 is 0 Å². The third-order valence-electron chi connectivity index (χ3n) is 7.63. The molecule has 0 amide bonds. The molecule has 0 radical (unpaired) electrons. The molecule has 1 fully saturated rings. The van der Waals surface area contributed by atoms with Crippen molar-refractivity contribution in [3.63, 3.8) is 0 Å². The molecule has 26 heavy (non-hydrogen) atoms. The fourth-order valence-corrected chi connectivity index (χ4v) is 6.34. The zero-order chi connectivity index (χ0) is 17.7. The third-order valence-corrected chi connectivity index (χ3v) is 7.63. The van der Waals surface area contributed by atoms with E-state index in [-0.39, 0.29) is 22.7 Å². The molecule has 0 heterocycles. The molecule has 4 aliphatic carbocycles. The first-order chi connectivity index (χ1) is 12.5. The molecule has 1 heteroatoms. The smallest absolute Gasteiger partial charge is 0.148 e. The lowest BCUT2D eigenvalue weighted by molar-refractivity contribution is -0.119. The summed E-state index contributed by atoms with van der Waals surface area (Å²) in [5.41, 5.74) is 3.99. The molecule has 1 nitrogen and oxygen atoms in total. The van der Waals surface area contributed by atoms with Crippen LogP contribution in [0.2, 0.25) is 0 Å². The summed E-state index contributed by atoms with van der Waals surface area (Å²) in [5, 5.41) is 2.51. The number of ketones is 1. The molecule has 128 valence electrons. The summed E-state index contributed by atoms with van der Waals surface area (Å²) in [4.78, 5) is 13.4. The number of hydrogen-bond acceptors (Lipinski definition) is 1. The van der Waals surface area contributed by atoms with Gasteiger partial charge in [-0.2, -0.15) is 0 Å². The molecule has 0 aliphatic heterocycles. The lowest BCUT2D eigenvalue weighted by Gasteiger charge is -2.48. The van der Waals surface area contributed by atoms with Crippen LogP contribution in [-0.4, -0.2) is 5.78 Å². The number of benzene rings is 2. The van der Waals surface area contributed by atoms with Gasteiger partial charge in [0.05, 0.1) is 5.92 Å². The van der Waals surface area contributed by atoms with Gasteiger partial charge in [-0.3, -0.25) is 4.79 Å². The minimum absolute atomic E-state index is 0.0217. The van der Waals surface area contributed by atoms with Gasteiger partial charge in [-0.25, -0.2) is 0 Å². The van der Waals surface area contributed by atoms with Crippen LogP contribution in [0.5, 0.6) is 0 Å². The highest BCUT2D eigenvalue weighted by Crippen LogP contribution is 2.69. The predicted molar refractivity (Wildman–Crippen MR) is 105 cm³/mol. The van der Waals surface area contributed by atoms with Gasteiger partial charge in [0.25, 0.3) is 0 Å². The van der Waals surface area contributed by atoms with Crippen LogP contribution in [0.3, 0.4) is 0 Å². The summed E-state index contributed by atoms with van der Waals surface area (Å²) >= 11 is 0. The SMILES string of the molecule is CC12C=CC=CC1=CC1(C)C3C(=O)C(c4cc5ccccc5cc43)C1C2. The number of carbonyl (C=O) groups excluding carboxylic acids is 1. The number of fused-ring (bicyclic) bond motifs is 10. The van der Waals surface area contributed by atoms with E-state index < -0.39 is 0 Å². The van der Waals surface area contributed by atoms with Crippen molar-refractivity contribution in [2.45, 2.75) is 32.1 Å². The summed E-state index contributed by atoms with van der Waals surface area (Å²) in [7, 11) is 0. The Hall–Kier alpha value is -2.41. The Bertz CT molecular complexity index is 1080. The van der Waals surface area contributed by atoms with Gasteiger partial charge in [0, 0.05) is 16.7 Å². The summed E-state index contributed by atoms with van der Waals surface area (Å²) in [5.74, 6) is 0.945. The van der Waals surface area contributed by atoms with E-state index in [1.165, 1.54) is 27.5 Å². The predicted octanol–water partition coefficient (Wildman–Crippen LogP) is 5.69. The Morgan fingerprint density at radius 1 is 1.00 bits per heavy atom. The van der Waals surface area contributed by atoms with E-state index in [1.54, 1.807) is 0 Å². The van der Waals surface area contributed by atoms with Crippen molar-refractivity contribution in [1.29, 1.82) is 0 Å². The Balaban J connectivity index is 1.61. The molecule has 2 bridgehead atoms.